The molecule has 0 unspecified atom stereocenters. The highest BCUT2D eigenvalue weighted by atomic mass is 31.2. The highest BCUT2D eigenvalue weighted by Crippen LogP contribution is 2.49. The third kappa shape index (κ3) is 5.30. The maximum Gasteiger partial charge on any atom is 0.248 e. The van der Waals surface area contributed by atoms with Crippen molar-refractivity contribution >= 4 is 47.2 Å². The minimum Gasteiger partial charge on any atom is -0.288 e. The highest BCUT2D eigenvalue weighted by molar-refractivity contribution is 7.78. The summed E-state index contributed by atoms with van der Waals surface area (Å²) in [5, 5.41) is 2.79. The van der Waals surface area contributed by atoms with Gasteiger partial charge in [0.2, 0.25) is 14.6 Å². The van der Waals surface area contributed by atoms with Gasteiger partial charge in [-0.25, -0.2) is 9.53 Å². The van der Waals surface area contributed by atoms with E-state index in [1.807, 2.05) is 139 Å². The summed E-state index contributed by atoms with van der Waals surface area (Å²) in [7, 11) is -6.84. The Hall–Kier alpha value is -3.32. The zero-order valence-electron chi connectivity index (χ0n) is 22.8. The highest BCUT2D eigenvalue weighted by Gasteiger charge is 2.32. The topological polar surface area (TPSA) is 58.9 Å². The lowest BCUT2D eigenvalue weighted by molar-refractivity contribution is 0.587. The van der Waals surface area contributed by atoms with Crippen LogP contribution in [-0.2, 0) is 9.13 Å². The maximum atomic E-state index is 14.9. The van der Waals surface area contributed by atoms with Crippen molar-refractivity contribution in [1.29, 1.82) is 0 Å². The average Bonchev–Trinajstić information content (AvgIpc) is 2.89. The van der Waals surface area contributed by atoms with E-state index in [2.05, 4.69) is 0 Å². The molecule has 4 rings (SSSR count). The fourth-order valence-electron chi connectivity index (χ4n) is 4.66. The molecule has 0 heterocycles. The van der Waals surface area contributed by atoms with Crippen LogP contribution in [0.25, 0.3) is 0 Å². The fourth-order valence-corrected chi connectivity index (χ4v) is 10.1. The molecule has 0 N–H and O–H groups in total. The number of hydrogen-bond acceptors (Lipinski definition) is 2. The largest absolute Gasteiger partial charge is 0.288 e. The monoisotopic (exact) mass is 540 g/mol. The summed E-state index contributed by atoms with van der Waals surface area (Å²) in [6.07, 6.45) is 0. The molecule has 0 bridgehead atoms. The van der Waals surface area contributed by atoms with Gasteiger partial charge in [0, 0.05) is 21.2 Å². The first-order valence-corrected chi connectivity index (χ1v) is 16.0. The third-order valence-electron chi connectivity index (χ3n) is 6.87. The molecule has 0 spiro atoms. The van der Waals surface area contributed by atoms with Gasteiger partial charge in [-0.1, -0.05) is 72.8 Å². The summed E-state index contributed by atoms with van der Waals surface area (Å²) in [6.45, 7) is 11.4. The molecule has 194 valence electrons. The van der Waals surface area contributed by atoms with Gasteiger partial charge in [0.1, 0.15) is 0 Å². The molecule has 0 aliphatic heterocycles. The van der Waals surface area contributed by atoms with Crippen LogP contribution in [0.15, 0.2) is 107 Å². The van der Waals surface area contributed by atoms with Crippen molar-refractivity contribution in [2.24, 2.45) is 9.53 Å². The van der Waals surface area contributed by atoms with E-state index in [1.165, 1.54) is 0 Å². The molecular weight excluding hydrogens is 506 g/mol. The summed E-state index contributed by atoms with van der Waals surface area (Å²) in [6, 6.07) is 30.7. The van der Waals surface area contributed by atoms with Crippen LogP contribution < -0.4 is 21.2 Å². The molecule has 0 amide bonds. The van der Waals surface area contributed by atoms with Crippen molar-refractivity contribution in [3.8, 4) is 0 Å². The lowest BCUT2D eigenvalue weighted by atomic mass is 10.2. The van der Waals surface area contributed by atoms with Gasteiger partial charge < -0.3 is 0 Å². The van der Waals surface area contributed by atoms with Crippen LogP contribution in [0.2, 0.25) is 0 Å². The molecule has 4 nitrogen and oxygen atoms in total. The van der Waals surface area contributed by atoms with Gasteiger partial charge in [-0.15, -0.1) is 0 Å². The van der Waals surface area contributed by atoms with Crippen molar-refractivity contribution in [3.63, 3.8) is 0 Å². The van der Waals surface area contributed by atoms with Crippen molar-refractivity contribution in [2.45, 2.75) is 41.5 Å². The van der Waals surface area contributed by atoms with Crippen LogP contribution in [0.3, 0.4) is 0 Å². The van der Waals surface area contributed by atoms with Crippen LogP contribution >= 0.6 is 14.6 Å². The van der Waals surface area contributed by atoms with E-state index < -0.39 is 14.6 Å². The molecule has 0 fully saturated rings. The van der Waals surface area contributed by atoms with Crippen LogP contribution in [0.4, 0.5) is 0 Å². The van der Waals surface area contributed by atoms with Gasteiger partial charge in [0.15, 0.2) is 0 Å². The van der Waals surface area contributed by atoms with Gasteiger partial charge in [0.05, 0.1) is 11.4 Å². The Labute approximate surface area is 226 Å². The van der Waals surface area contributed by atoms with E-state index in [9.17, 15) is 9.13 Å². The molecule has 0 atom stereocenters. The van der Waals surface area contributed by atoms with Crippen molar-refractivity contribution in [3.05, 3.63) is 119 Å². The standard InChI is InChI=1S/C32H34N2O2P2/c1-23-15-7-11-19-29(23)37(35,30-20-12-8-16-24(30)2)33-27(5)28(6)34-38(36,31-21-13-9-17-25(31)3)32-22-14-10-18-26(32)4/h7-22H,1-6H3. The molecule has 38 heavy (non-hydrogen) atoms. The zero-order chi connectivity index (χ0) is 27.5. The Bertz CT molecular complexity index is 1430. The number of aryl methyl sites for hydroxylation is 4. The number of benzene rings is 4. The fraction of sp³-hybridized carbons (Fsp3) is 0.188. The van der Waals surface area contributed by atoms with Gasteiger partial charge in [-0.05, 0) is 88.1 Å². The minimum absolute atomic E-state index is 0.502. The van der Waals surface area contributed by atoms with Crippen molar-refractivity contribution in [2.75, 3.05) is 0 Å². The van der Waals surface area contributed by atoms with Gasteiger partial charge in [0.25, 0.3) is 0 Å². The number of hydrogen-bond donors (Lipinski definition) is 0. The van der Waals surface area contributed by atoms with Crippen molar-refractivity contribution in [1.82, 2.24) is 0 Å². The second-order valence-electron chi connectivity index (χ2n) is 9.67. The van der Waals surface area contributed by atoms with E-state index in [1.54, 1.807) is 0 Å². The molecule has 0 aliphatic carbocycles. The van der Waals surface area contributed by atoms with Gasteiger partial charge >= 0.3 is 0 Å². The summed E-state index contributed by atoms with van der Waals surface area (Å²) in [5.41, 5.74) is 4.65. The smallest absolute Gasteiger partial charge is 0.248 e. The molecule has 4 aromatic carbocycles. The Kier molecular flexibility index (Phi) is 8.16. The SMILES string of the molecule is CC(=NP(=O)(c1ccccc1C)c1ccccc1C)C(C)=NP(=O)(c1ccccc1C)c1ccccc1C. The summed E-state index contributed by atoms with van der Waals surface area (Å²) < 4.78 is 39.6. The lowest BCUT2D eigenvalue weighted by Gasteiger charge is -2.21. The number of nitrogens with zero attached hydrogens (tertiary/aromatic N) is 2. The first kappa shape index (κ1) is 27.7. The first-order valence-electron chi connectivity index (χ1n) is 12.7. The van der Waals surface area contributed by atoms with Gasteiger partial charge in [-0.3, -0.25) is 9.13 Å². The van der Waals surface area contributed by atoms with Crippen LogP contribution in [-0.4, -0.2) is 11.4 Å². The zero-order valence-corrected chi connectivity index (χ0v) is 24.6. The van der Waals surface area contributed by atoms with Crippen LogP contribution in [0.1, 0.15) is 36.1 Å². The summed E-state index contributed by atoms with van der Waals surface area (Å²) in [5.74, 6) is 0. The van der Waals surface area contributed by atoms with Crippen molar-refractivity contribution < 1.29 is 9.13 Å². The first-order chi connectivity index (χ1) is 18.1. The van der Waals surface area contributed by atoms with E-state index in [0.717, 1.165) is 22.3 Å². The molecule has 0 radical (unpaired) electrons. The summed E-state index contributed by atoms with van der Waals surface area (Å²) in [4.78, 5) is 0. The second-order valence-corrected chi connectivity index (χ2v) is 14.3. The predicted octanol–water partition coefficient (Wildman–Crippen LogP) is 7.00. The minimum atomic E-state index is -3.42. The molecule has 6 heteroatoms. The van der Waals surface area contributed by atoms with Crippen LogP contribution in [0, 0.1) is 27.7 Å². The molecule has 0 saturated heterocycles. The Morgan fingerprint density at radius 3 is 0.868 bits per heavy atom. The maximum absolute atomic E-state index is 14.9. The normalized spacial score (nSPS) is 13.0. The summed E-state index contributed by atoms with van der Waals surface area (Å²) >= 11 is 0. The molecule has 4 aromatic rings. The van der Waals surface area contributed by atoms with E-state index in [-0.39, 0.29) is 0 Å². The molecular formula is C32H34N2O2P2. The quantitative estimate of drug-likeness (QED) is 0.187. The Balaban J connectivity index is 1.95. The molecule has 0 saturated carbocycles. The number of rotatable bonds is 7. The molecule has 0 aliphatic rings. The lowest BCUT2D eigenvalue weighted by Crippen LogP contribution is -2.22. The second kappa shape index (κ2) is 11.2. The average molecular weight is 541 g/mol. The van der Waals surface area contributed by atoms with E-state index >= 15 is 0 Å². The predicted molar refractivity (Wildman–Crippen MR) is 165 cm³/mol. The Morgan fingerprint density at radius 2 is 0.658 bits per heavy atom. The van der Waals surface area contributed by atoms with Gasteiger partial charge in [-0.2, -0.15) is 0 Å². The van der Waals surface area contributed by atoms with Crippen LogP contribution in [0.5, 0.6) is 0 Å². The Morgan fingerprint density at radius 1 is 0.447 bits per heavy atom. The van der Waals surface area contributed by atoms with E-state index in [0.29, 0.717) is 32.6 Å². The molecule has 0 aromatic heterocycles. The third-order valence-corrected chi connectivity index (χ3v) is 12.7. The van der Waals surface area contributed by atoms with E-state index in [4.69, 9.17) is 9.53 Å².